The Kier molecular flexibility index (Phi) is 6.49. The van der Waals surface area contributed by atoms with Gasteiger partial charge in [0.25, 0.3) is 0 Å². The molecule has 3 unspecified atom stereocenters. The van der Waals surface area contributed by atoms with Crippen LogP contribution < -0.4 is 10.6 Å². The molecular formula is C16H30N2O3. The molecule has 1 fully saturated rings. The van der Waals surface area contributed by atoms with E-state index in [9.17, 15) is 14.7 Å². The maximum Gasteiger partial charge on any atom is 0.315 e. The van der Waals surface area contributed by atoms with E-state index < -0.39 is 11.9 Å². The summed E-state index contributed by atoms with van der Waals surface area (Å²) in [4.78, 5) is 23.3. The summed E-state index contributed by atoms with van der Waals surface area (Å²) in [5.74, 6) is -0.906. The number of aliphatic carboxylic acids is 1. The number of amides is 2. The van der Waals surface area contributed by atoms with E-state index in [4.69, 9.17) is 0 Å². The van der Waals surface area contributed by atoms with Gasteiger partial charge in [-0.15, -0.1) is 0 Å². The fourth-order valence-corrected chi connectivity index (χ4v) is 2.55. The third-order valence-electron chi connectivity index (χ3n) is 4.70. The minimum Gasteiger partial charge on any atom is -0.481 e. The molecule has 1 saturated carbocycles. The van der Waals surface area contributed by atoms with Gasteiger partial charge in [-0.25, -0.2) is 4.79 Å². The van der Waals surface area contributed by atoms with Crippen molar-refractivity contribution in [2.24, 2.45) is 17.3 Å². The summed E-state index contributed by atoms with van der Waals surface area (Å²) in [6, 6.07) is -0.501. The van der Waals surface area contributed by atoms with Gasteiger partial charge in [0.2, 0.25) is 0 Å². The van der Waals surface area contributed by atoms with Gasteiger partial charge >= 0.3 is 12.0 Å². The molecule has 0 bridgehead atoms. The van der Waals surface area contributed by atoms with Crippen LogP contribution in [0.2, 0.25) is 0 Å². The zero-order valence-electron chi connectivity index (χ0n) is 13.7. The van der Waals surface area contributed by atoms with Gasteiger partial charge in [-0.05, 0) is 24.2 Å². The first kappa shape index (κ1) is 17.8. The Balaban J connectivity index is 2.49. The number of hydrogen-bond acceptors (Lipinski definition) is 2. The largest absolute Gasteiger partial charge is 0.481 e. The minimum atomic E-state index is -0.801. The molecule has 0 aromatic rings. The van der Waals surface area contributed by atoms with Gasteiger partial charge in [0.1, 0.15) is 0 Å². The Hall–Kier alpha value is -1.26. The van der Waals surface area contributed by atoms with Crippen molar-refractivity contribution < 1.29 is 14.7 Å². The Morgan fingerprint density at radius 3 is 2.38 bits per heavy atom. The lowest BCUT2D eigenvalue weighted by Gasteiger charge is -2.28. The SMILES string of the molecule is CC(CNC(=O)NC1CCCCCC1C(=O)O)C(C)(C)C. The molecule has 0 radical (unpaired) electrons. The van der Waals surface area contributed by atoms with E-state index in [1.807, 2.05) is 0 Å². The van der Waals surface area contributed by atoms with E-state index in [1.165, 1.54) is 0 Å². The molecule has 3 atom stereocenters. The van der Waals surface area contributed by atoms with Crippen LogP contribution in [-0.4, -0.2) is 29.7 Å². The molecule has 21 heavy (non-hydrogen) atoms. The molecule has 0 heterocycles. The van der Waals surface area contributed by atoms with Crippen molar-refractivity contribution in [2.45, 2.75) is 65.8 Å². The summed E-state index contributed by atoms with van der Waals surface area (Å²) >= 11 is 0. The predicted molar refractivity (Wildman–Crippen MR) is 83.2 cm³/mol. The van der Waals surface area contributed by atoms with Crippen LogP contribution in [0.5, 0.6) is 0 Å². The van der Waals surface area contributed by atoms with Gasteiger partial charge in [-0.2, -0.15) is 0 Å². The van der Waals surface area contributed by atoms with Crippen molar-refractivity contribution in [3.63, 3.8) is 0 Å². The van der Waals surface area contributed by atoms with Crippen molar-refractivity contribution in [1.82, 2.24) is 10.6 Å². The molecule has 1 rings (SSSR count). The van der Waals surface area contributed by atoms with Crippen molar-refractivity contribution in [3.8, 4) is 0 Å². The maximum absolute atomic E-state index is 12.0. The predicted octanol–water partition coefficient (Wildman–Crippen LogP) is 3.00. The first-order chi connectivity index (χ1) is 9.71. The highest BCUT2D eigenvalue weighted by molar-refractivity contribution is 5.76. The lowest BCUT2D eigenvalue weighted by Crippen LogP contribution is -2.48. The van der Waals surface area contributed by atoms with Crippen LogP contribution in [0.25, 0.3) is 0 Å². The summed E-state index contributed by atoms with van der Waals surface area (Å²) in [5.41, 5.74) is 0.138. The monoisotopic (exact) mass is 298 g/mol. The average Bonchev–Trinajstić information content (AvgIpc) is 2.60. The van der Waals surface area contributed by atoms with Gasteiger partial charge < -0.3 is 15.7 Å². The van der Waals surface area contributed by atoms with Crippen molar-refractivity contribution in [2.75, 3.05) is 6.54 Å². The second-order valence-corrected chi connectivity index (χ2v) is 7.31. The number of carbonyl (C=O) groups excluding carboxylic acids is 1. The highest BCUT2D eigenvalue weighted by Gasteiger charge is 2.30. The molecule has 0 aromatic heterocycles. The Labute approximate surface area is 127 Å². The Morgan fingerprint density at radius 1 is 1.19 bits per heavy atom. The second-order valence-electron chi connectivity index (χ2n) is 7.31. The maximum atomic E-state index is 12.0. The zero-order chi connectivity index (χ0) is 16.0. The van der Waals surface area contributed by atoms with Gasteiger partial charge in [-0.3, -0.25) is 4.79 Å². The molecule has 0 aliphatic heterocycles. The minimum absolute atomic E-state index is 0.138. The number of urea groups is 1. The summed E-state index contributed by atoms with van der Waals surface area (Å²) in [6.45, 7) is 9.13. The van der Waals surface area contributed by atoms with Gasteiger partial charge in [0.05, 0.1) is 5.92 Å². The van der Waals surface area contributed by atoms with Crippen molar-refractivity contribution >= 4 is 12.0 Å². The molecule has 122 valence electrons. The Bertz CT molecular complexity index is 363. The molecule has 0 saturated heterocycles. The molecule has 0 aromatic carbocycles. The summed E-state index contributed by atoms with van der Waals surface area (Å²) in [7, 11) is 0. The Morgan fingerprint density at radius 2 is 1.81 bits per heavy atom. The van der Waals surface area contributed by atoms with E-state index in [0.717, 1.165) is 25.7 Å². The van der Waals surface area contributed by atoms with Crippen LogP contribution in [0, 0.1) is 17.3 Å². The highest BCUT2D eigenvalue weighted by Crippen LogP contribution is 2.25. The van der Waals surface area contributed by atoms with Crippen LogP contribution in [0.15, 0.2) is 0 Å². The lowest BCUT2D eigenvalue weighted by molar-refractivity contribution is -0.142. The van der Waals surface area contributed by atoms with E-state index >= 15 is 0 Å². The molecular weight excluding hydrogens is 268 g/mol. The fourth-order valence-electron chi connectivity index (χ4n) is 2.55. The van der Waals surface area contributed by atoms with E-state index in [-0.39, 0.29) is 17.5 Å². The summed E-state index contributed by atoms with van der Waals surface area (Å²) in [5, 5.41) is 15.0. The van der Waals surface area contributed by atoms with E-state index in [1.54, 1.807) is 0 Å². The summed E-state index contributed by atoms with van der Waals surface area (Å²) in [6.07, 6.45) is 4.35. The quantitative estimate of drug-likeness (QED) is 0.698. The number of nitrogens with one attached hydrogen (secondary N) is 2. The van der Waals surface area contributed by atoms with Gasteiger partial charge in [0.15, 0.2) is 0 Å². The molecule has 1 aliphatic rings. The topological polar surface area (TPSA) is 78.4 Å². The highest BCUT2D eigenvalue weighted by atomic mass is 16.4. The molecule has 2 amide bonds. The standard InChI is InChI=1S/C16H30N2O3/c1-11(16(2,3)4)10-17-15(21)18-13-9-7-5-6-8-12(13)14(19)20/h11-13H,5-10H2,1-4H3,(H,19,20)(H2,17,18,21). The number of hydrogen-bond donors (Lipinski definition) is 3. The molecule has 5 nitrogen and oxygen atoms in total. The number of carbonyl (C=O) groups is 2. The number of rotatable bonds is 4. The number of carboxylic acids is 1. The average molecular weight is 298 g/mol. The molecule has 0 spiro atoms. The first-order valence-electron chi connectivity index (χ1n) is 7.99. The van der Waals surface area contributed by atoms with Crippen molar-refractivity contribution in [3.05, 3.63) is 0 Å². The van der Waals surface area contributed by atoms with Gasteiger partial charge in [0, 0.05) is 12.6 Å². The third kappa shape index (κ3) is 5.94. The second kappa shape index (κ2) is 7.66. The lowest BCUT2D eigenvalue weighted by atomic mass is 9.82. The zero-order valence-corrected chi connectivity index (χ0v) is 13.7. The molecule has 3 N–H and O–H groups in total. The number of carboxylic acid groups (broad SMARTS) is 1. The normalized spacial score (nSPS) is 24.8. The molecule has 5 heteroatoms. The van der Waals surface area contributed by atoms with Gasteiger partial charge in [-0.1, -0.05) is 47.0 Å². The van der Waals surface area contributed by atoms with E-state index in [0.29, 0.717) is 18.9 Å². The van der Waals surface area contributed by atoms with Crippen LogP contribution in [0.1, 0.15) is 59.8 Å². The van der Waals surface area contributed by atoms with E-state index in [2.05, 4.69) is 38.3 Å². The first-order valence-corrected chi connectivity index (χ1v) is 7.99. The smallest absolute Gasteiger partial charge is 0.315 e. The molecule has 1 aliphatic carbocycles. The third-order valence-corrected chi connectivity index (χ3v) is 4.70. The van der Waals surface area contributed by atoms with Crippen LogP contribution in [0.4, 0.5) is 4.79 Å². The van der Waals surface area contributed by atoms with Crippen LogP contribution >= 0.6 is 0 Å². The fraction of sp³-hybridized carbons (Fsp3) is 0.875. The van der Waals surface area contributed by atoms with Crippen LogP contribution in [0.3, 0.4) is 0 Å². The summed E-state index contributed by atoms with van der Waals surface area (Å²) < 4.78 is 0. The van der Waals surface area contributed by atoms with Crippen molar-refractivity contribution in [1.29, 1.82) is 0 Å². The van der Waals surface area contributed by atoms with Crippen LogP contribution in [-0.2, 0) is 4.79 Å².